The van der Waals surface area contributed by atoms with Gasteiger partial charge in [-0.15, -0.1) is 0 Å². The number of aliphatic hydroxyl groups excluding tert-OH is 1. The number of methoxy groups -OCH3 is 1. The first kappa shape index (κ1) is 12.9. The number of carbonyl (C=O) groups is 2. The van der Waals surface area contributed by atoms with Crippen LogP contribution in [0.25, 0.3) is 0 Å². The van der Waals surface area contributed by atoms with E-state index in [2.05, 4.69) is 10.1 Å². The van der Waals surface area contributed by atoms with E-state index < -0.39 is 12.1 Å². The molecule has 0 saturated carbocycles. The number of hydrogen-bond acceptors (Lipinski definition) is 5. The highest BCUT2D eigenvalue weighted by atomic mass is 16.5. The van der Waals surface area contributed by atoms with Crippen LogP contribution in [0.2, 0.25) is 0 Å². The van der Waals surface area contributed by atoms with Crippen LogP contribution >= 0.6 is 0 Å². The summed E-state index contributed by atoms with van der Waals surface area (Å²) in [5.41, 5.74) is 0. The van der Waals surface area contributed by atoms with E-state index in [-0.39, 0.29) is 25.4 Å². The molecule has 0 radical (unpaired) electrons. The van der Waals surface area contributed by atoms with Crippen molar-refractivity contribution >= 4 is 11.9 Å². The lowest BCUT2D eigenvalue weighted by Gasteiger charge is -2.08. The molecule has 1 unspecified atom stereocenters. The SMILES string of the molecule is COC(=O)CCNCC(O)CC(=O)O. The molecule has 0 amide bonds. The molecule has 6 heteroatoms. The van der Waals surface area contributed by atoms with Gasteiger partial charge in [0, 0.05) is 13.1 Å². The fraction of sp³-hybridized carbons (Fsp3) is 0.750. The number of carbonyl (C=O) groups excluding carboxylic acids is 1. The van der Waals surface area contributed by atoms with E-state index >= 15 is 0 Å². The van der Waals surface area contributed by atoms with E-state index in [9.17, 15) is 9.59 Å². The minimum atomic E-state index is -1.05. The Labute approximate surface area is 81.9 Å². The molecule has 0 aromatic carbocycles. The van der Waals surface area contributed by atoms with Gasteiger partial charge in [0.25, 0.3) is 0 Å². The van der Waals surface area contributed by atoms with Crippen molar-refractivity contribution in [2.24, 2.45) is 0 Å². The van der Waals surface area contributed by atoms with Gasteiger partial charge in [-0.2, -0.15) is 0 Å². The molecule has 6 nitrogen and oxygen atoms in total. The van der Waals surface area contributed by atoms with Gasteiger partial charge < -0.3 is 20.3 Å². The van der Waals surface area contributed by atoms with Gasteiger partial charge in [-0.1, -0.05) is 0 Å². The lowest BCUT2D eigenvalue weighted by molar-refractivity contribution is -0.141. The van der Waals surface area contributed by atoms with Crippen molar-refractivity contribution in [2.75, 3.05) is 20.2 Å². The second kappa shape index (κ2) is 7.28. The maximum atomic E-state index is 10.6. The van der Waals surface area contributed by atoms with Crippen LogP contribution in [0.5, 0.6) is 0 Å². The van der Waals surface area contributed by atoms with Gasteiger partial charge in [0.05, 0.1) is 26.1 Å². The van der Waals surface area contributed by atoms with Crippen LogP contribution in [0, 0.1) is 0 Å². The fourth-order valence-corrected chi connectivity index (χ4v) is 0.835. The zero-order chi connectivity index (χ0) is 11.0. The van der Waals surface area contributed by atoms with Gasteiger partial charge in [0.15, 0.2) is 0 Å². The fourth-order valence-electron chi connectivity index (χ4n) is 0.835. The summed E-state index contributed by atoms with van der Waals surface area (Å²) < 4.78 is 4.39. The van der Waals surface area contributed by atoms with Crippen molar-refractivity contribution in [2.45, 2.75) is 18.9 Å². The Morgan fingerprint density at radius 3 is 2.64 bits per heavy atom. The minimum Gasteiger partial charge on any atom is -0.481 e. The Hall–Kier alpha value is -1.14. The molecule has 1 atom stereocenters. The van der Waals surface area contributed by atoms with Crippen molar-refractivity contribution in [1.29, 1.82) is 0 Å². The number of rotatable bonds is 7. The van der Waals surface area contributed by atoms with E-state index in [1.807, 2.05) is 0 Å². The van der Waals surface area contributed by atoms with Crippen molar-refractivity contribution in [1.82, 2.24) is 5.32 Å². The number of aliphatic hydroxyl groups is 1. The highest BCUT2D eigenvalue weighted by Crippen LogP contribution is 1.89. The number of ether oxygens (including phenoxy) is 1. The molecule has 0 fully saturated rings. The summed E-state index contributed by atoms with van der Waals surface area (Å²) in [7, 11) is 1.29. The highest BCUT2D eigenvalue weighted by molar-refractivity contribution is 5.69. The van der Waals surface area contributed by atoms with Gasteiger partial charge >= 0.3 is 11.9 Å². The van der Waals surface area contributed by atoms with Gasteiger partial charge in [-0.3, -0.25) is 9.59 Å². The summed E-state index contributed by atoms with van der Waals surface area (Å²) in [5, 5.41) is 20.1. The summed E-state index contributed by atoms with van der Waals surface area (Å²) in [6, 6.07) is 0. The first-order valence-electron chi connectivity index (χ1n) is 4.23. The van der Waals surface area contributed by atoms with Crippen LogP contribution in [0.3, 0.4) is 0 Å². The van der Waals surface area contributed by atoms with Crippen LogP contribution in [0.1, 0.15) is 12.8 Å². The summed E-state index contributed by atoms with van der Waals surface area (Å²) >= 11 is 0. The lowest BCUT2D eigenvalue weighted by Crippen LogP contribution is -2.30. The first-order valence-corrected chi connectivity index (χ1v) is 4.23. The van der Waals surface area contributed by atoms with Gasteiger partial charge in [-0.05, 0) is 0 Å². The van der Waals surface area contributed by atoms with Crippen LogP contribution in [0.15, 0.2) is 0 Å². The predicted molar refractivity (Wildman–Crippen MR) is 47.8 cm³/mol. The molecule has 0 saturated heterocycles. The quantitative estimate of drug-likeness (QED) is 0.363. The molecule has 82 valence electrons. The Bertz CT molecular complexity index is 194. The first-order chi connectivity index (χ1) is 6.56. The Kier molecular flexibility index (Phi) is 6.69. The average molecular weight is 205 g/mol. The molecule has 0 aromatic heterocycles. The molecule has 0 aliphatic carbocycles. The topological polar surface area (TPSA) is 95.9 Å². The molecule has 0 heterocycles. The average Bonchev–Trinajstić information content (AvgIpc) is 2.10. The molecule has 0 aliphatic heterocycles. The zero-order valence-corrected chi connectivity index (χ0v) is 8.02. The third kappa shape index (κ3) is 7.51. The molecule has 0 bridgehead atoms. The van der Waals surface area contributed by atoms with Gasteiger partial charge in [0.1, 0.15) is 0 Å². The van der Waals surface area contributed by atoms with Gasteiger partial charge in [0.2, 0.25) is 0 Å². The molecular formula is C8H15NO5. The molecule has 0 spiro atoms. The van der Waals surface area contributed by atoms with Crippen molar-refractivity contribution in [3.63, 3.8) is 0 Å². The van der Waals surface area contributed by atoms with E-state index in [1.54, 1.807) is 0 Å². The second-order valence-electron chi connectivity index (χ2n) is 2.78. The number of nitrogens with one attached hydrogen (secondary N) is 1. The Balaban J connectivity index is 3.35. The molecule has 0 aromatic rings. The van der Waals surface area contributed by atoms with Crippen molar-refractivity contribution in [3.8, 4) is 0 Å². The summed E-state index contributed by atoms with van der Waals surface area (Å²) in [4.78, 5) is 20.8. The Morgan fingerprint density at radius 1 is 1.50 bits per heavy atom. The Morgan fingerprint density at radius 2 is 2.14 bits per heavy atom. The van der Waals surface area contributed by atoms with Crippen LogP contribution < -0.4 is 5.32 Å². The smallest absolute Gasteiger partial charge is 0.306 e. The summed E-state index contributed by atoms with van der Waals surface area (Å²) in [5.74, 6) is -1.39. The van der Waals surface area contributed by atoms with E-state index in [1.165, 1.54) is 7.11 Å². The van der Waals surface area contributed by atoms with E-state index in [4.69, 9.17) is 10.2 Å². The number of aliphatic carboxylic acids is 1. The van der Waals surface area contributed by atoms with Crippen LogP contribution in [-0.2, 0) is 14.3 Å². The normalized spacial score (nSPS) is 12.1. The number of hydrogen-bond donors (Lipinski definition) is 3. The second-order valence-corrected chi connectivity index (χ2v) is 2.78. The maximum Gasteiger partial charge on any atom is 0.306 e. The molecule has 0 rings (SSSR count). The lowest BCUT2D eigenvalue weighted by atomic mass is 10.2. The summed E-state index contributed by atoms with van der Waals surface area (Å²) in [6.45, 7) is 0.520. The van der Waals surface area contributed by atoms with Crippen molar-refractivity contribution < 1.29 is 24.5 Å². The highest BCUT2D eigenvalue weighted by Gasteiger charge is 2.08. The van der Waals surface area contributed by atoms with Crippen LogP contribution in [0.4, 0.5) is 0 Å². The standard InChI is InChI=1S/C8H15NO5/c1-14-8(13)2-3-9-5-6(10)4-7(11)12/h6,9-10H,2-5H2,1H3,(H,11,12). The van der Waals surface area contributed by atoms with E-state index in [0.29, 0.717) is 6.54 Å². The van der Waals surface area contributed by atoms with E-state index in [0.717, 1.165) is 0 Å². The summed E-state index contributed by atoms with van der Waals surface area (Å²) in [6.07, 6.45) is -1.02. The molecular weight excluding hydrogens is 190 g/mol. The number of esters is 1. The minimum absolute atomic E-state index is 0.156. The third-order valence-electron chi connectivity index (χ3n) is 1.52. The number of carboxylic acids is 1. The van der Waals surface area contributed by atoms with Crippen molar-refractivity contribution in [3.05, 3.63) is 0 Å². The zero-order valence-electron chi connectivity index (χ0n) is 8.02. The van der Waals surface area contributed by atoms with Gasteiger partial charge in [-0.25, -0.2) is 0 Å². The predicted octanol–water partition coefficient (Wildman–Crippen LogP) is -1.03. The van der Waals surface area contributed by atoms with Crippen LogP contribution in [-0.4, -0.2) is 48.5 Å². The number of carboxylic acid groups (broad SMARTS) is 1. The molecule has 0 aliphatic rings. The largest absolute Gasteiger partial charge is 0.481 e. The monoisotopic (exact) mass is 205 g/mol. The molecule has 14 heavy (non-hydrogen) atoms. The maximum absolute atomic E-state index is 10.6. The molecule has 3 N–H and O–H groups in total. The third-order valence-corrected chi connectivity index (χ3v) is 1.52.